The lowest BCUT2D eigenvalue weighted by Crippen LogP contribution is -2.29. The van der Waals surface area contributed by atoms with Crippen molar-refractivity contribution in [1.29, 1.82) is 0 Å². The lowest BCUT2D eigenvalue weighted by atomic mass is 10.2. The predicted octanol–water partition coefficient (Wildman–Crippen LogP) is 2.05. The van der Waals surface area contributed by atoms with Crippen molar-refractivity contribution in [2.75, 3.05) is 18.9 Å². The molecule has 0 aliphatic heterocycles. The van der Waals surface area contributed by atoms with Crippen LogP contribution >= 0.6 is 0 Å². The van der Waals surface area contributed by atoms with Crippen molar-refractivity contribution in [3.8, 4) is 0 Å². The zero-order chi connectivity index (χ0) is 13.7. The molecule has 1 aromatic carbocycles. The quantitative estimate of drug-likeness (QED) is 0.892. The number of benzene rings is 1. The first-order chi connectivity index (χ1) is 9.13. The van der Waals surface area contributed by atoms with Gasteiger partial charge in [0.1, 0.15) is 0 Å². The van der Waals surface area contributed by atoms with Crippen molar-refractivity contribution in [3.05, 3.63) is 47.7 Å². The Morgan fingerprint density at radius 2 is 2.11 bits per heavy atom. The normalized spacial score (nSPS) is 10.7. The van der Waals surface area contributed by atoms with Crippen LogP contribution in [0.3, 0.4) is 0 Å². The van der Waals surface area contributed by atoms with Crippen LogP contribution in [0.15, 0.2) is 40.9 Å². The van der Waals surface area contributed by atoms with Crippen molar-refractivity contribution < 1.29 is 9.32 Å². The molecule has 1 heterocycles. The average molecular weight is 259 g/mol. The predicted molar refractivity (Wildman–Crippen MR) is 72.6 cm³/mol. The van der Waals surface area contributed by atoms with E-state index in [1.807, 2.05) is 42.3 Å². The molecule has 1 aromatic heterocycles. The Labute approximate surface area is 112 Å². The minimum absolute atomic E-state index is 0.116. The van der Waals surface area contributed by atoms with Gasteiger partial charge in [-0.2, -0.15) is 0 Å². The van der Waals surface area contributed by atoms with Crippen molar-refractivity contribution >= 4 is 11.8 Å². The maximum atomic E-state index is 11.8. The van der Waals surface area contributed by atoms with Crippen molar-refractivity contribution in [1.82, 2.24) is 10.1 Å². The molecule has 1 N–H and O–H groups in total. The molecule has 100 valence electrons. The molecule has 0 aliphatic carbocycles. The van der Waals surface area contributed by atoms with Crippen LogP contribution in [-0.4, -0.2) is 29.6 Å². The molecule has 0 saturated carbocycles. The van der Waals surface area contributed by atoms with Crippen molar-refractivity contribution in [2.45, 2.75) is 13.5 Å². The maximum Gasteiger partial charge on any atom is 0.240 e. The monoisotopic (exact) mass is 259 g/mol. The SMILES string of the molecule is Cc1cc(NC(=O)CN(C)Cc2ccccc2)on1. The molecule has 0 radical (unpaired) electrons. The highest BCUT2D eigenvalue weighted by molar-refractivity contribution is 5.90. The van der Waals surface area contributed by atoms with E-state index >= 15 is 0 Å². The van der Waals surface area contributed by atoms with Crippen LogP contribution in [-0.2, 0) is 11.3 Å². The summed E-state index contributed by atoms with van der Waals surface area (Å²) in [5.74, 6) is 0.269. The van der Waals surface area contributed by atoms with Gasteiger partial charge in [0.25, 0.3) is 0 Å². The molecule has 5 heteroatoms. The first kappa shape index (κ1) is 13.3. The Hall–Kier alpha value is -2.14. The van der Waals surface area contributed by atoms with E-state index in [0.29, 0.717) is 12.4 Å². The number of anilines is 1. The number of hydrogen-bond donors (Lipinski definition) is 1. The zero-order valence-corrected chi connectivity index (χ0v) is 11.1. The minimum Gasteiger partial charge on any atom is -0.338 e. The molecular weight excluding hydrogens is 242 g/mol. The van der Waals surface area contributed by atoms with Gasteiger partial charge >= 0.3 is 0 Å². The summed E-state index contributed by atoms with van der Waals surface area (Å²) in [6.07, 6.45) is 0. The Bertz CT molecular complexity index is 537. The summed E-state index contributed by atoms with van der Waals surface area (Å²) < 4.78 is 4.93. The Morgan fingerprint density at radius 1 is 1.37 bits per heavy atom. The summed E-state index contributed by atoms with van der Waals surface area (Å²) in [4.78, 5) is 13.7. The number of nitrogens with zero attached hydrogens (tertiary/aromatic N) is 2. The Balaban J connectivity index is 1.82. The highest BCUT2D eigenvalue weighted by atomic mass is 16.5. The van der Waals surface area contributed by atoms with Gasteiger partial charge in [-0.15, -0.1) is 0 Å². The van der Waals surface area contributed by atoms with E-state index < -0.39 is 0 Å². The molecule has 0 spiro atoms. The van der Waals surface area contributed by atoms with E-state index in [0.717, 1.165) is 12.2 Å². The summed E-state index contributed by atoms with van der Waals surface area (Å²) >= 11 is 0. The van der Waals surface area contributed by atoms with Crippen LogP contribution < -0.4 is 5.32 Å². The van der Waals surface area contributed by atoms with Gasteiger partial charge in [-0.3, -0.25) is 15.0 Å². The first-order valence-corrected chi connectivity index (χ1v) is 6.09. The zero-order valence-electron chi connectivity index (χ0n) is 11.1. The third-order valence-corrected chi connectivity index (χ3v) is 2.60. The van der Waals surface area contributed by atoms with Crippen LogP contribution in [0.1, 0.15) is 11.3 Å². The van der Waals surface area contributed by atoms with Gasteiger partial charge in [-0.05, 0) is 19.5 Å². The molecule has 0 atom stereocenters. The molecule has 0 saturated heterocycles. The molecule has 0 bridgehead atoms. The van der Waals surface area contributed by atoms with E-state index in [1.54, 1.807) is 13.0 Å². The van der Waals surface area contributed by atoms with Crippen LogP contribution in [0.2, 0.25) is 0 Å². The Kier molecular flexibility index (Phi) is 4.30. The van der Waals surface area contributed by atoms with Gasteiger partial charge in [0.2, 0.25) is 11.8 Å². The van der Waals surface area contributed by atoms with E-state index in [-0.39, 0.29) is 5.91 Å². The fourth-order valence-electron chi connectivity index (χ4n) is 1.80. The maximum absolute atomic E-state index is 11.8. The lowest BCUT2D eigenvalue weighted by molar-refractivity contribution is -0.117. The smallest absolute Gasteiger partial charge is 0.240 e. The van der Waals surface area contributed by atoms with Crippen LogP contribution in [0, 0.1) is 6.92 Å². The topological polar surface area (TPSA) is 58.4 Å². The Morgan fingerprint density at radius 3 is 2.74 bits per heavy atom. The highest BCUT2D eigenvalue weighted by Gasteiger charge is 2.09. The summed E-state index contributed by atoms with van der Waals surface area (Å²) in [6.45, 7) is 2.83. The van der Waals surface area contributed by atoms with Crippen molar-refractivity contribution in [3.63, 3.8) is 0 Å². The number of likely N-dealkylation sites (N-methyl/N-ethyl adjacent to an activating group) is 1. The second kappa shape index (κ2) is 6.15. The molecule has 0 unspecified atom stereocenters. The molecule has 0 fully saturated rings. The van der Waals surface area contributed by atoms with Gasteiger partial charge in [-0.25, -0.2) is 0 Å². The number of nitrogens with one attached hydrogen (secondary N) is 1. The number of aromatic nitrogens is 1. The number of amides is 1. The van der Waals surface area contributed by atoms with Crippen molar-refractivity contribution in [2.24, 2.45) is 0 Å². The summed E-state index contributed by atoms with van der Waals surface area (Å²) in [7, 11) is 1.90. The minimum atomic E-state index is -0.116. The second-order valence-electron chi connectivity index (χ2n) is 4.54. The fraction of sp³-hybridized carbons (Fsp3) is 0.286. The molecule has 2 aromatic rings. The van der Waals surface area contributed by atoms with E-state index in [9.17, 15) is 4.79 Å². The van der Waals surface area contributed by atoms with E-state index in [1.165, 1.54) is 5.56 Å². The standard InChI is InChI=1S/C14H17N3O2/c1-11-8-14(19-16-11)15-13(18)10-17(2)9-12-6-4-3-5-7-12/h3-8H,9-10H2,1-2H3,(H,15,18). The molecular formula is C14H17N3O2. The first-order valence-electron chi connectivity index (χ1n) is 6.09. The number of rotatable bonds is 5. The highest BCUT2D eigenvalue weighted by Crippen LogP contribution is 2.08. The largest absolute Gasteiger partial charge is 0.338 e. The number of carbonyl (C=O) groups excluding carboxylic acids is 1. The number of carbonyl (C=O) groups is 1. The van der Waals surface area contributed by atoms with Crippen LogP contribution in [0.5, 0.6) is 0 Å². The van der Waals surface area contributed by atoms with Crippen LogP contribution in [0.4, 0.5) is 5.88 Å². The lowest BCUT2D eigenvalue weighted by Gasteiger charge is -2.15. The summed E-state index contributed by atoms with van der Waals surface area (Å²) in [5.41, 5.74) is 1.92. The molecule has 5 nitrogen and oxygen atoms in total. The molecule has 19 heavy (non-hydrogen) atoms. The average Bonchev–Trinajstić information content (AvgIpc) is 2.75. The van der Waals surface area contributed by atoms with Gasteiger partial charge in [0, 0.05) is 12.6 Å². The molecule has 1 amide bonds. The van der Waals surface area contributed by atoms with Gasteiger partial charge in [0.05, 0.1) is 12.2 Å². The second-order valence-corrected chi connectivity index (χ2v) is 4.54. The summed E-state index contributed by atoms with van der Waals surface area (Å²) in [6, 6.07) is 11.7. The van der Waals surface area contributed by atoms with E-state index in [2.05, 4.69) is 10.5 Å². The molecule has 2 rings (SSSR count). The van der Waals surface area contributed by atoms with Crippen LogP contribution in [0.25, 0.3) is 0 Å². The van der Waals surface area contributed by atoms with E-state index in [4.69, 9.17) is 4.52 Å². The fourth-order valence-corrected chi connectivity index (χ4v) is 1.80. The third kappa shape index (κ3) is 4.22. The van der Waals surface area contributed by atoms with Gasteiger partial charge in [0.15, 0.2) is 0 Å². The summed E-state index contributed by atoms with van der Waals surface area (Å²) in [5, 5.41) is 6.38. The number of hydrogen-bond acceptors (Lipinski definition) is 4. The van der Waals surface area contributed by atoms with Gasteiger partial charge in [-0.1, -0.05) is 35.5 Å². The molecule has 0 aliphatic rings. The third-order valence-electron chi connectivity index (χ3n) is 2.60. The number of aryl methyl sites for hydroxylation is 1. The van der Waals surface area contributed by atoms with Gasteiger partial charge < -0.3 is 4.52 Å².